The molecule has 6 heteroatoms. The lowest BCUT2D eigenvalue weighted by Gasteiger charge is -2.31. The Morgan fingerprint density at radius 2 is 2.14 bits per heavy atom. The average molecular weight is 402 g/mol. The van der Waals surface area contributed by atoms with Crippen molar-refractivity contribution in [3.8, 4) is 0 Å². The second-order valence-corrected chi connectivity index (χ2v) is 6.77. The first-order chi connectivity index (χ1) is 10.2. The molecule has 1 atom stereocenters. The molecule has 1 aliphatic heterocycles. The van der Waals surface area contributed by atoms with Gasteiger partial charge in [-0.1, -0.05) is 6.92 Å². The summed E-state index contributed by atoms with van der Waals surface area (Å²) in [5.74, 6) is 2.45. The van der Waals surface area contributed by atoms with E-state index in [1.165, 1.54) is 22.1 Å². The molecule has 116 valence electrons. The largest absolute Gasteiger partial charge is 0.369 e. The Morgan fingerprint density at radius 1 is 1.33 bits per heavy atom. The predicted octanol–water partition coefficient (Wildman–Crippen LogP) is 2.78. The highest BCUT2D eigenvalue weighted by molar-refractivity contribution is 14.1. The minimum Gasteiger partial charge on any atom is -0.369 e. The summed E-state index contributed by atoms with van der Waals surface area (Å²) in [6, 6.07) is 0. The van der Waals surface area contributed by atoms with Crippen LogP contribution in [-0.2, 0) is 4.74 Å². The SMILES string of the molecule is CCNc1nc(C2CN(CC)CCO2)nc(C2CC2)c1I. The molecule has 1 saturated carbocycles. The number of ether oxygens (including phenoxy) is 1. The fourth-order valence-corrected chi connectivity index (χ4v) is 3.56. The monoisotopic (exact) mass is 402 g/mol. The van der Waals surface area contributed by atoms with Gasteiger partial charge in [0.25, 0.3) is 0 Å². The molecule has 1 aromatic heterocycles. The molecule has 1 N–H and O–H groups in total. The van der Waals surface area contributed by atoms with Gasteiger partial charge in [0, 0.05) is 25.6 Å². The molecule has 0 aromatic carbocycles. The summed E-state index contributed by atoms with van der Waals surface area (Å²) in [5, 5.41) is 3.38. The maximum Gasteiger partial charge on any atom is 0.161 e. The molecule has 0 radical (unpaired) electrons. The molecular weight excluding hydrogens is 379 g/mol. The van der Waals surface area contributed by atoms with Crippen LogP contribution < -0.4 is 5.32 Å². The number of hydrogen-bond acceptors (Lipinski definition) is 5. The Labute approximate surface area is 140 Å². The van der Waals surface area contributed by atoms with E-state index >= 15 is 0 Å². The number of rotatable bonds is 5. The molecule has 2 aliphatic rings. The van der Waals surface area contributed by atoms with Crippen LogP contribution in [0.4, 0.5) is 5.82 Å². The van der Waals surface area contributed by atoms with Gasteiger partial charge in [0.1, 0.15) is 11.9 Å². The number of nitrogens with one attached hydrogen (secondary N) is 1. The number of likely N-dealkylation sites (N-methyl/N-ethyl adjacent to an activating group) is 1. The lowest BCUT2D eigenvalue weighted by molar-refractivity contribution is -0.0326. The van der Waals surface area contributed by atoms with E-state index in [0.29, 0.717) is 5.92 Å². The smallest absolute Gasteiger partial charge is 0.161 e. The summed E-state index contributed by atoms with van der Waals surface area (Å²) >= 11 is 2.38. The average Bonchev–Trinajstić information content (AvgIpc) is 3.34. The maximum atomic E-state index is 5.93. The minimum atomic E-state index is 0.00519. The van der Waals surface area contributed by atoms with E-state index in [1.54, 1.807) is 0 Å². The van der Waals surface area contributed by atoms with Crippen LogP contribution in [0.1, 0.15) is 50.2 Å². The zero-order valence-corrected chi connectivity index (χ0v) is 14.9. The first-order valence-electron chi connectivity index (χ1n) is 7.88. The van der Waals surface area contributed by atoms with Crippen molar-refractivity contribution in [2.24, 2.45) is 0 Å². The van der Waals surface area contributed by atoms with Gasteiger partial charge in [0.05, 0.1) is 15.9 Å². The van der Waals surface area contributed by atoms with Gasteiger partial charge >= 0.3 is 0 Å². The normalized spacial score (nSPS) is 23.3. The zero-order valence-electron chi connectivity index (χ0n) is 12.7. The summed E-state index contributed by atoms with van der Waals surface area (Å²) < 4.78 is 7.11. The van der Waals surface area contributed by atoms with Crippen LogP contribution in [0.5, 0.6) is 0 Å². The number of morpholine rings is 1. The van der Waals surface area contributed by atoms with E-state index in [1.807, 2.05) is 0 Å². The number of nitrogens with zero attached hydrogens (tertiary/aromatic N) is 3. The lowest BCUT2D eigenvalue weighted by Crippen LogP contribution is -2.38. The van der Waals surface area contributed by atoms with Crippen molar-refractivity contribution in [3.05, 3.63) is 15.1 Å². The Hall–Kier alpha value is -0.470. The van der Waals surface area contributed by atoms with E-state index in [4.69, 9.17) is 14.7 Å². The molecule has 3 rings (SSSR count). The molecular formula is C15H23IN4O. The van der Waals surface area contributed by atoms with Crippen molar-refractivity contribution >= 4 is 28.4 Å². The van der Waals surface area contributed by atoms with Gasteiger partial charge in [-0.15, -0.1) is 0 Å². The molecule has 0 bridgehead atoms. The lowest BCUT2D eigenvalue weighted by atomic mass is 10.2. The third-order valence-electron chi connectivity index (χ3n) is 4.09. The molecule has 5 nitrogen and oxygen atoms in total. The summed E-state index contributed by atoms with van der Waals surface area (Å²) in [4.78, 5) is 12.0. The standard InChI is InChI=1S/C15H23IN4O/c1-3-17-15-12(16)13(10-5-6-10)18-14(19-15)11-9-20(4-2)7-8-21-11/h10-11H,3-9H2,1-2H3,(H,17,18,19). The Morgan fingerprint density at radius 3 is 2.81 bits per heavy atom. The van der Waals surface area contributed by atoms with Crippen LogP contribution in [0.25, 0.3) is 0 Å². The van der Waals surface area contributed by atoms with Crippen LogP contribution >= 0.6 is 22.6 Å². The highest BCUT2D eigenvalue weighted by Crippen LogP contribution is 2.42. The minimum absolute atomic E-state index is 0.00519. The summed E-state index contributed by atoms with van der Waals surface area (Å²) in [5.41, 5.74) is 1.22. The fourth-order valence-electron chi connectivity index (χ4n) is 2.68. The molecule has 2 fully saturated rings. The topological polar surface area (TPSA) is 50.3 Å². The Balaban J connectivity index is 1.90. The summed E-state index contributed by atoms with van der Waals surface area (Å²) in [7, 11) is 0. The van der Waals surface area contributed by atoms with E-state index in [-0.39, 0.29) is 6.10 Å². The quantitative estimate of drug-likeness (QED) is 0.768. The highest BCUT2D eigenvalue weighted by Gasteiger charge is 2.31. The highest BCUT2D eigenvalue weighted by atomic mass is 127. The van der Waals surface area contributed by atoms with Crippen LogP contribution in [0.3, 0.4) is 0 Å². The van der Waals surface area contributed by atoms with Gasteiger partial charge in [-0.3, -0.25) is 4.90 Å². The number of aromatic nitrogens is 2. The summed E-state index contributed by atoms with van der Waals surface area (Å²) in [6.45, 7) is 8.90. The third-order valence-corrected chi connectivity index (χ3v) is 5.15. The van der Waals surface area contributed by atoms with Gasteiger partial charge in [-0.2, -0.15) is 0 Å². The number of halogens is 1. The van der Waals surface area contributed by atoms with Gasteiger partial charge in [0.15, 0.2) is 5.82 Å². The van der Waals surface area contributed by atoms with E-state index < -0.39 is 0 Å². The molecule has 1 saturated heterocycles. The van der Waals surface area contributed by atoms with E-state index in [0.717, 1.165) is 44.4 Å². The molecule has 0 spiro atoms. The number of hydrogen-bond donors (Lipinski definition) is 1. The van der Waals surface area contributed by atoms with Crippen molar-refractivity contribution in [1.29, 1.82) is 0 Å². The van der Waals surface area contributed by atoms with Crippen LogP contribution in [0, 0.1) is 3.57 Å². The maximum absolute atomic E-state index is 5.93. The van der Waals surface area contributed by atoms with Crippen molar-refractivity contribution in [2.75, 3.05) is 38.1 Å². The zero-order chi connectivity index (χ0) is 14.8. The van der Waals surface area contributed by atoms with Crippen molar-refractivity contribution in [2.45, 2.75) is 38.7 Å². The second kappa shape index (κ2) is 6.75. The second-order valence-electron chi connectivity index (χ2n) is 5.69. The predicted molar refractivity (Wildman–Crippen MR) is 91.7 cm³/mol. The molecule has 1 aliphatic carbocycles. The Bertz CT molecular complexity index is 507. The number of anilines is 1. The van der Waals surface area contributed by atoms with Gasteiger partial charge in [-0.05, 0) is 48.9 Å². The van der Waals surface area contributed by atoms with Crippen LogP contribution in [0.15, 0.2) is 0 Å². The first kappa shape index (κ1) is 15.4. The molecule has 21 heavy (non-hydrogen) atoms. The van der Waals surface area contributed by atoms with Crippen molar-refractivity contribution in [3.63, 3.8) is 0 Å². The van der Waals surface area contributed by atoms with E-state index in [2.05, 4.69) is 46.7 Å². The van der Waals surface area contributed by atoms with Crippen LogP contribution in [0.2, 0.25) is 0 Å². The van der Waals surface area contributed by atoms with Gasteiger partial charge in [-0.25, -0.2) is 9.97 Å². The Kier molecular flexibility index (Phi) is 4.96. The summed E-state index contributed by atoms with van der Waals surface area (Å²) in [6.07, 6.45) is 2.51. The van der Waals surface area contributed by atoms with Gasteiger partial charge in [0.2, 0.25) is 0 Å². The first-order valence-corrected chi connectivity index (χ1v) is 8.96. The fraction of sp³-hybridized carbons (Fsp3) is 0.733. The van der Waals surface area contributed by atoms with Gasteiger partial charge < -0.3 is 10.1 Å². The molecule has 1 aromatic rings. The van der Waals surface area contributed by atoms with E-state index in [9.17, 15) is 0 Å². The van der Waals surface area contributed by atoms with Crippen molar-refractivity contribution in [1.82, 2.24) is 14.9 Å². The molecule has 2 heterocycles. The van der Waals surface area contributed by atoms with Crippen molar-refractivity contribution < 1.29 is 4.74 Å². The van der Waals surface area contributed by atoms with Crippen LogP contribution in [-0.4, -0.2) is 47.7 Å². The molecule has 0 amide bonds. The third kappa shape index (κ3) is 3.48. The molecule has 1 unspecified atom stereocenters.